The number of ketones is 1. The number of carboxylic acids is 1. The molecule has 0 unspecified atom stereocenters. The van der Waals surface area contributed by atoms with Crippen LogP contribution in [0.2, 0.25) is 0 Å². The van der Waals surface area contributed by atoms with E-state index in [4.69, 9.17) is 4.74 Å². The summed E-state index contributed by atoms with van der Waals surface area (Å²) >= 11 is 0. The van der Waals surface area contributed by atoms with E-state index >= 15 is 0 Å². The van der Waals surface area contributed by atoms with Crippen LogP contribution in [0.25, 0.3) is 0 Å². The number of Topliss-reactive ketones (excluding diaryl/α,β-unsaturated/α-hetero) is 1. The smallest absolute Gasteiger partial charge is 0.309 e. The number of carbonyl (C=O) groups is 3. The number of aliphatic carboxylic acids is 1. The zero-order chi connectivity index (χ0) is 27.2. The molecule has 0 amide bonds. The molecular weight excluding hydrogens is 464 g/mol. The Labute approximate surface area is 223 Å². The molecule has 5 heteroatoms. The molecule has 0 saturated heterocycles. The summed E-state index contributed by atoms with van der Waals surface area (Å²) in [4.78, 5) is 38.1. The van der Waals surface area contributed by atoms with Gasteiger partial charge in [0.1, 0.15) is 5.78 Å². The SMILES string of the molecule is CC(=O)OC[C@@]12CC[C@@]3(C)[C@@H]4CCC(=O)[C@H](C)[C@@]4(C)CC[C@@H]3[C@@]1(C)CC[C@@]1(C(=O)O)CCC(C)(C)C[C@H]12. The molecule has 5 fully saturated rings. The van der Waals surface area contributed by atoms with Crippen molar-refractivity contribution in [1.29, 1.82) is 0 Å². The van der Waals surface area contributed by atoms with Gasteiger partial charge >= 0.3 is 11.9 Å². The third-order valence-corrected chi connectivity index (χ3v) is 13.9. The lowest BCUT2D eigenvalue weighted by molar-refractivity contribution is -0.274. The van der Waals surface area contributed by atoms with Gasteiger partial charge in [-0.3, -0.25) is 14.4 Å². The van der Waals surface area contributed by atoms with Gasteiger partial charge in [-0.15, -0.1) is 0 Å². The molecule has 0 heterocycles. The molecule has 5 aliphatic rings. The molecule has 0 aromatic rings. The van der Waals surface area contributed by atoms with Gasteiger partial charge in [-0.2, -0.15) is 0 Å². The first-order valence-corrected chi connectivity index (χ1v) is 15.0. The summed E-state index contributed by atoms with van der Waals surface area (Å²) in [6.07, 6.45) is 9.90. The zero-order valence-electron chi connectivity index (χ0n) is 24.4. The highest BCUT2D eigenvalue weighted by atomic mass is 16.5. The molecule has 0 radical (unpaired) electrons. The minimum Gasteiger partial charge on any atom is -0.481 e. The number of hydrogen-bond acceptors (Lipinski definition) is 4. The highest BCUT2D eigenvalue weighted by molar-refractivity contribution is 5.82. The van der Waals surface area contributed by atoms with Crippen molar-refractivity contribution >= 4 is 17.7 Å². The molecule has 5 saturated carbocycles. The third kappa shape index (κ3) is 3.50. The lowest BCUT2D eigenvalue weighted by Gasteiger charge is -2.74. The van der Waals surface area contributed by atoms with E-state index in [-0.39, 0.29) is 44.9 Å². The van der Waals surface area contributed by atoms with Crippen molar-refractivity contribution in [2.75, 3.05) is 6.61 Å². The van der Waals surface area contributed by atoms with Crippen LogP contribution in [-0.4, -0.2) is 29.4 Å². The molecule has 5 nitrogen and oxygen atoms in total. The molecule has 0 bridgehead atoms. The number of carbonyl (C=O) groups excluding carboxylic acids is 2. The number of carboxylic acid groups (broad SMARTS) is 1. The Balaban J connectivity index is 1.63. The quantitative estimate of drug-likeness (QED) is 0.408. The number of ether oxygens (including phenoxy) is 1. The Morgan fingerprint density at radius 3 is 2.19 bits per heavy atom. The van der Waals surface area contributed by atoms with Crippen LogP contribution in [0, 0.1) is 56.2 Å². The molecule has 1 N–H and O–H groups in total. The summed E-state index contributed by atoms with van der Waals surface area (Å²) in [6, 6.07) is 0. The Morgan fingerprint density at radius 1 is 0.865 bits per heavy atom. The molecule has 37 heavy (non-hydrogen) atoms. The fraction of sp³-hybridized carbons (Fsp3) is 0.906. The van der Waals surface area contributed by atoms with E-state index in [0.717, 1.165) is 64.2 Å². The molecular formula is C32H50O5. The van der Waals surface area contributed by atoms with Crippen LogP contribution >= 0.6 is 0 Å². The van der Waals surface area contributed by atoms with Gasteiger partial charge in [-0.25, -0.2) is 0 Å². The Hall–Kier alpha value is -1.39. The van der Waals surface area contributed by atoms with Gasteiger partial charge < -0.3 is 9.84 Å². The fourth-order valence-corrected chi connectivity index (χ4v) is 11.5. The van der Waals surface area contributed by atoms with Gasteiger partial charge in [0.2, 0.25) is 0 Å². The second-order valence-electron chi connectivity index (χ2n) is 15.6. The van der Waals surface area contributed by atoms with Crippen LogP contribution in [0.15, 0.2) is 0 Å². The standard InChI is InChI=1S/C32H50O5/c1-20-22(34)8-9-23-28(20,5)11-10-24-29(23,6)13-17-32(19-37-21(2)33)25-18-27(3,4)12-15-31(25,26(35)36)16-14-30(24,32)7/h20,23-25H,8-19H2,1-7H3,(H,35,36)/t20-,23+,24-,25+,28+,29-,30+,31-,32+/m0/s1. The number of hydrogen-bond donors (Lipinski definition) is 1. The lowest BCUT2D eigenvalue weighted by atomic mass is 9.29. The monoisotopic (exact) mass is 514 g/mol. The molecule has 0 aromatic heterocycles. The molecule has 0 spiro atoms. The molecule has 0 aliphatic heterocycles. The molecule has 5 rings (SSSR count). The molecule has 9 atom stereocenters. The van der Waals surface area contributed by atoms with Crippen LogP contribution in [0.4, 0.5) is 0 Å². The van der Waals surface area contributed by atoms with Gasteiger partial charge in [0.15, 0.2) is 0 Å². The second-order valence-corrected chi connectivity index (χ2v) is 15.6. The van der Waals surface area contributed by atoms with Crippen LogP contribution in [0.3, 0.4) is 0 Å². The van der Waals surface area contributed by atoms with E-state index in [1.807, 2.05) is 0 Å². The first-order valence-electron chi connectivity index (χ1n) is 15.0. The Bertz CT molecular complexity index is 1000. The van der Waals surface area contributed by atoms with Crippen LogP contribution < -0.4 is 0 Å². The van der Waals surface area contributed by atoms with E-state index in [9.17, 15) is 19.5 Å². The minimum absolute atomic E-state index is 0.00377. The topological polar surface area (TPSA) is 80.7 Å². The summed E-state index contributed by atoms with van der Waals surface area (Å²) in [5.41, 5.74) is -0.920. The van der Waals surface area contributed by atoms with Crippen molar-refractivity contribution in [3.63, 3.8) is 0 Å². The maximum atomic E-state index is 13.1. The van der Waals surface area contributed by atoms with Crippen molar-refractivity contribution in [2.24, 2.45) is 56.2 Å². The maximum absolute atomic E-state index is 13.1. The van der Waals surface area contributed by atoms with Crippen molar-refractivity contribution in [3.8, 4) is 0 Å². The summed E-state index contributed by atoms with van der Waals surface area (Å²) < 4.78 is 5.94. The minimum atomic E-state index is -0.724. The second kappa shape index (κ2) is 8.31. The molecule has 0 aromatic carbocycles. The predicted molar refractivity (Wildman–Crippen MR) is 143 cm³/mol. The summed E-state index contributed by atoms with van der Waals surface area (Å²) in [5.74, 6) is 0.589. The highest BCUT2D eigenvalue weighted by Crippen LogP contribution is 2.78. The average molecular weight is 515 g/mol. The third-order valence-electron chi connectivity index (χ3n) is 13.9. The van der Waals surface area contributed by atoms with Gasteiger partial charge in [-0.05, 0) is 104 Å². The van der Waals surface area contributed by atoms with E-state index in [1.54, 1.807) is 0 Å². The van der Waals surface area contributed by atoms with E-state index < -0.39 is 11.4 Å². The maximum Gasteiger partial charge on any atom is 0.309 e. The number of rotatable bonds is 3. The van der Waals surface area contributed by atoms with Crippen LogP contribution in [0.5, 0.6) is 0 Å². The zero-order valence-corrected chi connectivity index (χ0v) is 24.4. The molecule has 208 valence electrons. The van der Waals surface area contributed by atoms with Crippen molar-refractivity contribution in [2.45, 2.75) is 119 Å². The van der Waals surface area contributed by atoms with E-state index in [1.165, 1.54) is 6.92 Å². The van der Waals surface area contributed by atoms with E-state index in [2.05, 4.69) is 41.5 Å². The predicted octanol–water partition coefficient (Wildman–Crippen LogP) is 7.06. The lowest BCUT2D eigenvalue weighted by Crippen LogP contribution is -2.70. The van der Waals surface area contributed by atoms with Crippen LogP contribution in [-0.2, 0) is 19.1 Å². The van der Waals surface area contributed by atoms with Crippen LogP contribution in [0.1, 0.15) is 119 Å². The van der Waals surface area contributed by atoms with Gasteiger partial charge in [0.25, 0.3) is 0 Å². The number of fused-ring (bicyclic) bond motifs is 7. The van der Waals surface area contributed by atoms with Gasteiger partial charge in [0, 0.05) is 24.7 Å². The first kappa shape index (κ1) is 27.2. The fourth-order valence-electron chi connectivity index (χ4n) is 11.5. The van der Waals surface area contributed by atoms with Crippen molar-refractivity contribution in [3.05, 3.63) is 0 Å². The summed E-state index contributed by atoms with van der Waals surface area (Å²) in [5, 5.41) is 10.7. The summed E-state index contributed by atoms with van der Waals surface area (Å²) in [7, 11) is 0. The molecule has 5 aliphatic carbocycles. The van der Waals surface area contributed by atoms with Gasteiger partial charge in [-0.1, -0.05) is 41.5 Å². The first-order chi connectivity index (χ1) is 17.1. The Morgan fingerprint density at radius 2 is 1.54 bits per heavy atom. The highest BCUT2D eigenvalue weighted by Gasteiger charge is 2.74. The summed E-state index contributed by atoms with van der Waals surface area (Å²) in [6.45, 7) is 15.9. The van der Waals surface area contributed by atoms with Gasteiger partial charge in [0.05, 0.1) is 12.0 Å². The number of esters is 1. The van der Waals surface area contributed by atoms with Crippen molar-refractivity contribution < 1.29 is 24.2 Å². The normalized spacial score (nSPS) is 50.6. The van der Waals surface area contributed by atoms with Crippen molar-refractivity contribution in [1.82, 2.24) is 0 Å². The Kier molecular flexibility index (Phi) is 6.10. The van der Waals surface area contributed by atoms with E-state index in [0.29, 0.717) is 30.6 Å². The largest absolute Gasteiger partial charge is 0.481 e. The average Bonchev–Trinajstić information content (AvgIpc) is 2.80.